The van der Waals surface area contributed by atoms with E-state index < -0.39 is 40.1 Å². The summed E-state index contributed by atoms with van der Waals surface area (Å²) in [6.45, 7) is 0. The first kappa shape index (κ1) is 41.2. The first-order valence-corrected chi connectivity index (χ1v) is 11.8. The quantitative estimate of drug-likeness (QED) is 0.142. The van der Waals surface area contributed by atoms with Gasteiger partial charge in [0.1, 0.15) is 9.72 Å². The molecule has 0 amide bonds. The van der Waals surface area contributed by atoms with E-state index >= 15 is 0 Å². The molecule has 4 unspecified atom stereocenters. The van der Waals surface area contributed by atoms with Crippen LogP contribution in [0.4, 0.5) is 0 Å². The van der Waals surface area contributed by atoms with Crippen LogP contribution in [0.3, 0.4) is 0 Å². The average Bonchev–Trinajstić information content (AvgIpc) is 2.35. The van der Waals surface area contributed by atoms with Crippen LogP contribution in [-0.4, -0.2) is 171 Å². The Labute approximate surface area is 274 Å². The molecular weight excluding hydrogens is 847 g/mol. The van der Waals surface area contributed by atoms with Gasteiger partial charge in [0, 0.05) is 14.2 Å². The van der Waals surface area contributed by atoms with Crippen LogP contribution in [0.5, 0.6) is 0 Å². The molecule has 0 aliphatic rings. The molecule has 0 saturated carbocycles. The average molecular weight is 855 g/mol. The van der Waals surface area contributed by atoms with Crippen molar-refractivity contribution >= 4 is 200 Å². The van der Waals surface area contributed by atoms with E-state index in [0.29, 0.717) is 0 Å². The summed E-state index contributed by atoms with van der Waals surface area (Å²) in [5, 5.41) is 0. The van der Waals surface area contributed by atoms with Gasteiger partial charge in [-0.25, -0.2) is 0 Å². The molecule has 0 aliphatic heterocycles. The van der Waals surface area contributed by atoms with Crippen LogP contribution in [0.15, 0.2) is 0 Å². The van der Waals surface area contributed by atoms with Crippen LogP contribution in [0.1, 0.15) is 0 Å². The van der Waals surface area contributed by atoms with Gasteiger partial charge in [-0.2, -0.15) is 0 Å². The minimum Gasteiger partial charge on any atom is -0.809 e. The summed E-state index contributed by atoms with van der Waals surface area (Å²) in [6, 6.07) is 0. The van der Waals surface area contributed by atoms with Gasteiger partial charge < -0.3 is 56.7 Å². The molecule has 4 atom stereocenters. The van der Waals surface area contributed by atoms with E-state index in [1.165, 1.54) is 0 Å². The number of halogens is 2. The monoisotopic (exact) mass is 856 g/mol. The van der Waals surface area contributed by atoms with Crippen molar-refractivity contribution in [3.05, 3.63) is 0 Å². The van der Waals surface area contributed by atoms with Crippen molar-refractivity contribution in [2.24, 2.45) is 0 Å². The van der Waals surface area contributed by atoms with Gasteiger partial charge in [-0.05, 0) is 15.2 Å². The van der Waals surface area contributed by atoms with Crippen LogP contribution in [0.2, 0.25) is 0 Å². The van der Waals surface area contributed by atoms with E-state index in [4.69, 9.17) is 23.2 Å². The summed E-state index contributed by atoms with van der Waals surface area (Å²) in [7, 11) is -18.7. The largest absolute Gasteiger partial charge is 2.00 e. The maximum atomic E-state index is 10.4. The topological polar surface area (TPSA) is 225 Å². The van der Waals surface area contributed by atoms with E-state index in [0.717, 1.165) is 14.2 Å². The van der Waals surface area contributed by atoms with Crippen LogP contribution >= 0.6 is 53.6 Å². The molecule has 12 nitrogen and oxygen atoms in total. The Morgan fingerprint density at radius 2 is 0.800 bits per heavy atom. The molecule has 0 heterocycles. The van der Waals surface area contributed by atoms with Crippen molar-refractivity contribution in [3.63, 3.8) is 0 Å². The van der Waals surface area contributed by atoms with Crippen molar-refractivity contribution in [2.75, 3.05) is 14.2 Å². The first-order valence-electron chi connectivity index (χ1n) is 4.48. The van der Waals surface area contributed by atoms with Gasteiger partial charge in [-0.15, -0.1) is 23.2 Å². The molecule has 0 bridgehead atoms. The molecule has 25 heavy (non-hydrogen) atoms. The van der Waals surface area contributed by atoms with Crippen molar-refractivity contribution < 1.29 is 56.7 Å². The normalized spacial score (nSPS) is 18.3. The molecule has 0 rings (SSSR count). The molecule has 0 radical (unpaired) electrons. The zero-order valence-electron chi connectivity index (χ0n) is 12.7. The van der Waals surface area contributed by atoms with Crippen molar-refractivity contribution in [1.29, 1.82) is 0 Å². The Kier molecular flexibility index (Phi) is 28.6. The van der Waals surface area contributed by atoms with Gasteiger partial charge in [0.15, 0.2) is 15.2 Å². The molecule has 0 aromatic heterocycles. The van der Waals surface area contributed by atoms with Crippen molar-refractivity contribution in [2.45, 2.75) is 9.72 Å². The number of alkyl halides is 2. The zero-order chi connectivity index (χ0) is 18.6. The predicted octanol–water partition coefficient (Wildman–Crippen LogP) is -3.90. The first-order chi connectivity index (χ1) is 9.43. The number of rotatable bonds is 6. The third-order valence-electron chi connectivity index (χ3n) is 1.55. The van der Waals surface area contributed by atoms with Gasteiger partial charge in [0.2, 0.25) is 0 Å². The van der Waals surface area contributed by atoms with E-state index in [2.05, 4.69) is 9.05 Å². The maximum absolute atomic E-state index is 10.4. The minimum atomic E-state index is -5.33. The van der Waals surface area contributed by atoms with Gasteiger partial charge in [0.05, 0.1) is 0 Å². The SMILES string of the molecule is COP(=O)([O-])C(Cl)P(=O)([O-])[O-].COP(=O)([O-])C(Cl)P(=O)([O-])[O-].[Ba+2].[Ba+2].[Ba+2]. The van der Waals surface area contributed by atoms with E-state index in [9.17, 15) is 47.6 Å². The summed E-state index contributed by atoms with van der Waals surface area (Å²) in [4.78, 5) is 55.9. The maximum Gasteiger partial charge on any atom is 2.00 e. The summed E-state index contributed by atoms with van der Waals surface area (Å²) in [5.41, 5.74) is 0. The molecule has 136 valence electrons. The number of hydrogen-bond donors (Lipinski definition) is 0. The van der Waals surface area contributed by atoms with E-state index in [1.54, 1.807) is 0 Å². The molecule has 0 aromatic carbocycles. The molecule has 0 fully saturated rings. The molecule has 0 saturated heterocycles. The summed E-state index contributed by atoms with van der Waals surface area (Å²) < 4.78 is 48.4. The van der Waals surface area contributed by atoms with Crippen molar-refractivity contribution in [1.82, 2.24) is 0 Å². The van der Waals surface area contributed by atoms with Gasteiger partial charge in [-0.3, -0.25) is 0 Å². The van der Waals surface area contributed by atoms with E-state index in [1.807, 2.05) is 0 Å². The fraction of sp³-hybridized carbons (Fsp3) is 1.00. The smallest absolute Gasteiger partial charge is 0.809 e. The second-order valence-electron chi connectivity index (χ2n) is 3.15. The summed E-state index contributed by atoms with van der Waals surface area (Å²) >= 11 is 9.52. The molecular formula is C4H8Ba3Cl2O12P4. The van der Waals surface area contributed by atoms with Gasteiger partial charge >= 0.3 is 147 Å². The molecule has 0 spiro atoms. The minimum absolute atomic E-state index is 0. The van der Waals surface area contributed by atoms with Crippen LogP contribution in [-0.2, 0) is 27.3 Å². The third kappa shape index (κ3) is 18.1. The fourth-order valence-corrected chi connectivity index (χ4v) is 4.68. The second kappa shape index (κ2) is 17.4. The standard InChI is InChI=1S/2C2H7ClO6P2.3Ba/c2*1-9-11(7,8)2(3)10(4,5)6;;;/h2*2H,1H3,(H,7,8)(H2,4,5,6);;;/q;;3*+2/p-6. The molecule has 21 heteroatoms. The molecule has 0 N–H and O–H groups in total. The van der Waals surface area contributed by atoms with E-state index in [-0.39, 0.29) is 147 Å². The third-order valence-corrected chi connectivity index (χ3v) is 10.9. The van der Waals surface area contributed by atoms with Crippen LogP contribution in [0.25, 0.3) is 0 Å². The van der Waals surface area contributed by atoms with Gasteiger partial charge in [-0.1, -0.05) is 0 Å². The number of hydrogen-bond acceptors (Lipinski definition) is 12. The van der Waals surface area contributed by atoms with Gasteiger partial charge in [0.25, 0.3) is 0 Å². The summed E-state index contributed by atoms with van der Waals surface area (Å²) in [6.07, 6.45) is 0. The zero-order valence-corrected chi connectivity index (χ0v) is 31.1. The Morgan fingerprint density at radius 3 is 0.840 bits per heavy atom. The fourth-order valence-electron chi connectivity index (χ4n) is 0.520. The second-order valence-corrected chi connectivity index (χ2v) is 13.2. The molecule has 0 aliphatic carbocycles. The van der Waals surface area contributed by atoms with Crippen molar-refractivity contribution in [3.8, 4) is 0 Å². The van der Waals surface area contributed by atoms with Crippen LogP contribution < -0.4 is 29.4 Å². The predicted molar refractivity (Wildman–Crippen MR) is 81.0 cm³/mol. The Hall–Kier alpha value is 5.89. The Morgan fingerprint density at radius 1 is 0.640 bits per heavy atom. The Bertz CT molecular complexity index is 502. The Balaban J connectivity index is -0.0000000952. The molecule has 0 aromatic rings. The van der Waals surface area contributed by atoms with Crippen LogP contribution in [0, 0.1) is 0 Å². The summed E-state index contributed by atoms with van der Waals surface area (Å²) in [5.74, 6) is 0.